The first-order valence-corrected chi connectivity index (χ1v) is 13.3. The van der Waals surface area contributed by atoms with Crippen LogP contribution in [0.3, 0.4) is 0 Å². The van der Waals surface area contributed by atoms with Crippen LogP contribution in [0.2, 0.25) is 0 Å². The van der Waals surface area contributed by atoms with Crippen molar-refractivity contribution >= 4 is 57.8 Å². The van der Waals surface area contributed by atoms with Crippen LogP contribution in [0.5, 0.6) is 5.75 Å². The van der Waals surface area contributed by atoms with Crippen LogP contribution in [0, 0.1) is 20.6 Å². The zero-order valence-electron chi connectivity index (χ0n) is 20.0. The second kappa shape index (κ2) is 12.5. The summed E-state index contributed by atoms with van der Waals surface area (Å²) in [7, 11) is 0. The predicted molar refractivity (Wildman–Crippen MR) is 154 cm³/mol. The molecule has 3 aromatic carbocycles. The Morgan fingerprint density at radius 2 is 1.97 bits per heavy atom. The van der Waals surface area contributed by atoms with Gasteiger partial charge in [-0.05, 0) is 71.5 Å². The molecule has 1 amide bonds. The number of aryl methyl sites for hydroxylation is 1. The molecule has 0 bridgehead atoms. The first kappa shape index (κ1) is 27.1. The minimum Gasteiger partial charge on any atom is -0.507 e. The number of nitrogens with one attached hydrogen (secondary N) is 2. The molecule has 0 radical (unpaired) electrons. The SMILES string of the molecule is Cc1cc(I)ccc1NCc1nnc(SCC(=O)NN=Cc2cc([N+](=O)[O-])ccc2O)n1-c1ccccc1. The van der Waals surface area contributed by atoms with Crippen LogP contribution >= 0.6 is 34.4 Å². The average molecular weight is 643 g/mol. The van der Waals surface area contributed by atoms with E-state index in [0.717, 1.165) is 32.8 Å². The molecule has 11 nitrogen and oxygen atoms in total. The molecule has 4 aromatic rings. The molecule has 194 valence electrons. The van der Waals surface area contributed by atoms with E-state index in [-0.39, 0.29) is 22.8 Å². The molecule has 0 aliphatic carbocycles. The number of para-hydroxylation sites is 1. The molecule has 0 aliphatic rings. The summed E-state index contributed by atoms with van der Waals surface area (Å²) in [5.41, 5.74) is 5.24. The molecule has 1 aromatic heterocycles. The molecule has 0 unspecified atom stereocenters. The second-order valence-corrected chi connectivity index (χ2v) is 10.2. The number of phenolic OH excluding ortho intramolecular Hbond substituents is 1. The van der Waals surface area contributed by atoms with Gasteiger partial charge in [0.05, 0.1) is 23.4 Å². The van der Waals surface area contributed by atoms with Gasteiger partial charge in [0.15, 0.2) is 11.0 Å². The maximum absolute atomic E-state index is 12.4. The van der Waals surface area contributed by atoms with E-state index in [0.29, 0.717) is 17.5 Å². The van der Waals surface area contributed by atoms with E-state index in [2.05, 4.69) is 54.7 Å². The first-order chi connectivity index (χ1) is 18.3. The second-order valence-electron chi connectivity index (χ2n) is 7.96. The van der Waals surface area contributed by atoms with E-state index in [1.54, 1.807) is 0 Å². The summed E-state index contributed by atoms with van der Waals surface area (Å²) in [6.07, 6.45) is 1.15. The van der Waals surface area contributed by atoms with Crippen molar-refractivity contribution in [3.05, 3.63) is 97.4 Å². The summed E-state index contributed by atoms with van der Waals surface area (Å²) in [4.78, 5) is 22.8. The number of benzene rings is 3. The number of carbonyl (C=O) groups is 1. The number of nitro benzene ring substituents is 1. The monoisotopic (exact) mass is 643 g/mol. The predicted octanol–water partition coefficient (Wildman–Crippen LogP) is 4.65. The number of hydrogen-bond donors (Lipinski definition) is 3. The third kappa shape index (κ3) is 6.86. The molecule has 0 spiro atoms. The van der Waals surface area contributed by atoms with Crippen LogP contribution in [0.4, 0.5) is 11.4 Å². The lowest BCUT2D eigenvalue weighted by Gasteiger charge is -2.12. The number of rotatable bonds is 10. The smallest absolute Gasteiger partial charge is 0.270 e. The van der Waals surface area contributed by atoms with Crippen LogP contribution in [-0.4, -0.2) is 42.7 Å². The van der Waals surface area contributed by atoms with Crippen molar-refractivity contribution in [2.75, 3.05) is 11.1 Å². The Balaban J connectivity index is 1.44. The summed E-state index contributed by atoms with van der Waals surface area (Å²) >= 11 is 3.46. The van der Waals surface area contributed by atoms with Crippen molar-refractivity contribution in [3.63, 3.8) is 0 Å². The third-order valence-corrected chi connectivity index (χ3v) is 6.89. The van der Waals surface area contributed by atoms with Gasteiger partial charge in [-0.3, -0.25) is 19.5 Å². The minimum atomic E-state index is -0.583. The van der Waals surface area contributed by atoms with E-state index in [1.165, 1.54) is 23.9 Å². The number of nitrogens with zero attached hydrogens (tertiary/aromatic N) is 5. The highest BCUT2D eigenvalue weighted by Crippen LogP contribution is 2.24. The fourth-order valence-corrected chi connectivity index (χ4v) is 4.85. The molecular weight excluding hydrogens is 621 g/mol. The van der Waals surface area contributed by atoms with E-state index >= 15 is 0 Å². The number of amides is 1. The van der Waals surface area contributed by atoms with E-state index in [9.17, 15) is 20.0 Å². The summed E-state index contributed by atoms with van der Waals surface area (Å²) < 4.78 is 3.04. The summed E-state index contributed by atoms with van der Waals surface area (Å²) in [5, 5.41) is 37.2. The number of anilines is 1. The molecular formula is C25H22IN7O4S. The van der Waals surface area contributed by atoms with Gasteiger partial charge in [-0.15, -0.1) is 10.2 Å². The van der Waals surface area contributed by atoms with Gasteiger partial charge in [0.2, 0.25) is 0 Å². The lowest BCUT2D eigenvalue weighted by Crippen LogP contribution is -2.20. The quantitative estimate of drug-likeness (QED) is 0.0744. The lowest BCUT2D eigenvalue weighted by molar-refractivity contribution is -0.384. The number of phenols is 1. The van der Waals surface area contributed by atoms with E-state index in [1.807, 2.05) is 54.0 Å². The molecule has 1 heterocycles. The molecule has 0 saturated carbocycles. The fraction of sp³-hybridized carbons (Fsp3) is 0.120. The Kier molecular flexibility index (Phi) is 8.91. The molecule has 0 saturated heterocycles. The molecule has 4 rings (SSSR count). The number of aromatic hydroxyl groups is 1. The van der Waals surface area contributed by atoms with Crippen molar-refractivity contribution in [3.8, 4) is 11.4 Å². The third-order valence-electron chi connectivity index (χ3n) is 5.29. The van der Waals surface area contributed by atoms with Crippen molar-refractivity contribution in [1.29, 1.82) is 0 Å². The number of halogens is 1. The molecule has 3 N–H and O–H groups in total. The van der Waals surface area contributed by atoms with Gasteiger partial charge < -0.3 is 10.4 Å². The number of non-ortho nitro benzene ring substituents is 1. The summed E-state index contributed by atoms with van der Waals surface area (Å²) in [5.74, 6) is 0.0529. The Morgan fingerprint density at radius 3 is 2.71 bits per heavy atom. The topological polar surface area (TPSA) is 148 Å². The number of carbonyl (C=O) groups excluding carboxylic acids is 1. The number of hydrazone groups is 1. The maximum Gasteiger partial charge on any atom is 0.270 e. The number of thioether (sulfide) groups is 1. The van der Waals surface area contributed by atoms with Crippen LogP contribution in [-0.2, 0) is 11.3 Å². The Morgan fingerprint density at radius 1 is 1.18 bits per heavy atom. The standard InChI is InChI=1S/C25H22IN7O4S/c1-16-11-18(26)7-9-21(16)27-14-23-29-31-25(32(23)19-5-3-2-4-6-19)38-15-24(35)30-28-13-17-12-20(33(36)37)8-10-22(17)34/h2-13,27,34H,14-15H2,1H3,(H,30,35). The summed E-state index contributed by atoms with van der Waals surface area (Å²) in [6.45, 7) is 2.46. The number of nitro groups is 1. The van der Waals surface area contributed by atoms with Gasteiger partial charge in [-0.2, -0.15) is 5.10 Å². The first-order valence-electron chi connectivity index (χ1n) is 11.2. The summed E-state index contributed by atoms with van der Waals surface area (Å²) in [6, 6.07) is 19.3. The van der Waals surface area contributed by atoms with Gasteiger partial charge in [0.25, 0.3) is 11.6 Å². The van der Waals surface area contributed by atoms with Gasteiger partial charge in [0, 0.05) is 32.6 Å². The van der Waals surface area contributed by atoms with Gasteiger partial charge in [-0.25, -0.2) is 5.43 Å². The highest BCUT2D eigenvalue weighted by Gasteiger charge is 2.16. The lowest BCUT2D eigenvalue weighted by atomic mass is 10.2. The Labute approximate surface area is 235 Å². The zero-order valence-corrected chi connectivity index (χ0v) is 23.0. The van der Waals surface area contributed by atoms with Crippen LogP contribution in [0.25, 0.3) is 5.69 Å². The number of aromatic nitrogens is 3. The van der Waals surface area contributed by atoms with Gasteiger partial charge in [-0.1, -0.05) is 30.0 Å². The molecule has 0 aliphatic heterocycles. The van der Waals surface area contributed by atoms with E-state index in [4.69, 9.17) is 0 Å². The van der Waals surface area contributed by atoms with E-state index < -0.39 is 10.8 Å². The Hall–Kier alpha value is -3.98. The molecule has 38 heavy (non-hydrogen) atoms. The molecule has 13 heteroatoms. The van der Waals surface area contributed by atoms with Crippen LogP contribution < -0.4 is 10.7 Å². The van der Waals surface area contributed by atoms with Crippen molar-refractivity contribution < 1.29 is 14.8 Å². The molecule has 0 fully saturated rings. The van der Waals surface area contributed by atoms with Crippen LogP contribution in [0.1, 0.15) is 17.0 Å². The number of hydrogen-bond acceptors (Lipinski definition) is 9. The van der Waals surface area contributed by atoms with Crippen LogP contribution in [0.15, 0.2) is 77.0 Å². The Bertz CT molecular complexity index is 1490. The largest absolute Gasteiger partial charge is 0.507 e. The maximum atomic E-state index is 12.4. The van der Waals surface area contributed by atoms with Crippen molar-refractivity contribution in [1.82, 2.24) is 20.2 Å². The van der Waals surface area contributed by atoms with Gasteiger partial charge in [0.1, 0.15) is 5.75 Å². The molecule has 0 atom stereocenters. The van der Waals surface area contributed by atoms with Gasteiger partial charge >= 0.3 is 0 Å². The average Bonchev–Trinajstić information content (AvgIpc) is 3.31. The highest BCUT2D eigenvalue weighted by atomic mass is 127. The highest BCUT2D eigenvalue weighted by molar-refractivity contribution is 14.1. The minimum absolute atomic E-state index is 0.00706. The van der Waals surface area contributed by atoms with Crippen molar-refractivity contribution in [2.24, 2.45) is 5.10 Å². The zero-order chi connectivity index (χ0) is 27.1. The normalized spacial score (nSPS) is 11.0. The van der Waals surface area contributed by atoms with Crippen molar-refractivity contribution in [2.45, 2.75) is 18.6 Å². The fourth-order valence-electron chi connectivity index (χ4n) is 3.44.